The predicted molar refractivity (Wildman–Crippen MR) is 92.6 cm³/mol. The number of thiocarbonyl (C=S) groups is 1. The van der Waals surface area contributed by atoms with Crippen molar-refractivity contribution in [2.24, 2.45) is 5.92 Å². The summed E-state index contributed by atoms with van der Waals surface area (Å²) in [6, 6.07) is 6.96. The lowest BCUT2D eigenvalue weighted by molar-refractivity contribution is 0.0977. The zero-order chi connectivity index (χ0) is 15.9. The first-order valence-corrected chi connectivity index (χ1v) is 8.08. The quantitative estimate of drug-likeness (QED) is 0.821. The highest BCUT2D eigenvalue weighted by Gasteiger charge is 2.09. The van der Waals surface area contributed by atoms with Gasteiger partial charge < -0.3 is 10.1 Å². The second-order valence-corrected chi connectivity index (χ2v) is 6.28. The summed E-state index contributed by atoms with van der Waals surface area (Å²) in [4.78, 5) is 16.1. The Bertz CT molecular complexity index is 625. The highest BCUT2D eigenvalue weighted by Crippen LogP contribution is 2.13. The molecule has 0 fully saturated rings. The first kappa shape index (κ1) is 16.4. The van der Waals surface area contributed by atoms with Crippen LogP contribution in [-0.4, -0.2) is 22.6 Å². The van der Waals surface area contributed by atoms with E-state index >= 15 is 0 Å². The van der Waals surface area contributed by atoms with E-state index in [1.165, 1.54) is 11.3 Å². The van der Waals surface area contributed by atoms with E-state index in [0.29, 0.717) is 23.2 Å². The van der Waals surface area contributed by atoms with Crippen LogP contribution in [0.5, 0.6) is 5.75 Å². The summed E-state index contributed by atoms with van der Waals surface area (Å²) in [5, 5.41) is 8.15. The molecule has 1 heterocycles. The van der Waals surface area contributed by atoms with Crippen LogP contribution >= 0.6 is 23.6 Å². The number of nitrogens with zero attached hydrogens (tertiary/aromatic N) is 1. The molecule has 0 unspecified atom stereocenters. The molecule has 2 aromatic rings. The Balaban J connectivity index is 1.88. The Labute approximate surface area is 138 Å². The van der Waals surface area contributed by atoms with Gasteiger partial charge in [0.05, 0.1) is 6.61 Å². The lowest BCUT2D eigenvalue weighted by atomic mass is 10.2. The van der Waals surface area contributed by atoms with Crippen LogP contribution in [0.2, 0.25) is 0 Å². The molecule has 0 aliphatic heterocycles. The summed E-state index contributed by atoms with van der Waals surface area (Å²) < 4.78 is 5.58. The summed E-state index contributed by atoms with van der Waals surface area (Å²) in [6.07, 6.45) is 1.66. The number of benzene rings is 1. The molecule has 2 rings (SSSR count). The summed E-state index contributed by atoms with van der Waals surface area (Å²) in [7, 11) is 0. The van der Waals surface area contributed by atoms with E-state index in [0.717, 1.165) is 5.75 Å². The molecule has 0 saturated carbocycles. The maximum Gasteiger partial charge on any atom is 0.257 e. The number of rotatable bonds is 5. The number of hydrogen-bond acceptors (Lipinski definition) is 5. The smallest absolute Gasteiger partial charge is 0.257 e. The van der Waals surface area contributed by atoms with Gasteiger partial charge in [0.1, 0.15) is 5.75 Å². The molecule has 1 aromatic heterocycles. The van der Waals surface area contributed by atoms with Crippen LogP contribution in [0.15, 0.2) is 35.8 Å². The third-order valence-corrected chi connectivity index (χ3v) is 3.47. The van der Waals surface area contributed by atoms with E-state index < -0.39 is 0 Å². The van der Waals surface area contributed by atoms with E-state index in [1.807, 2.05) is 5.38 Å². The van der Waals surface area contributed by atoms with Gasteiger partial charge in [-0.25, -0.2) is 4.98 Å². The molecule has 0 saturated heterocycles. The fraction of sp³-hybridized carbons (Fsp3) is 0.267. The van der Waals surface area contributed by atoms with Crippen LogP contribution < -0.4 is 15.4 Å². The van der Waals surface area contributed by atoms with Gasteiger partial charge in [-0.05, 0) is 42.4 Å². The molecule has 0 spiro atoms. The Morgan fingerprint density at radius 2 is 2.09 bits per heavy atom. The van der Waals surface area contributed by atoms with Crippen LogP contribution in [0, 0.1) is 5.92 Å². The van der Waals surface area contributed by atoms with Gasteiger partial charge in [-0.2, -0.15) is 0 Å². The Morgan fingerprint density at radius 1 is 1.36 bits per heavy atom. The predicted octanol–water partition coefficient (Wildman–Crippen LogP) is 3.30. The highest BCUT2D eigenvalue weighted by molar-refractivity contribution is 7.80. The third kappa shape index (κ3) is 5.09. The van der Waals surface area contributed by atoms with Crippen molar-refractivity contribution < 1.29 is 9.53 Å². The monoisotopic (exact) mass is 335 g/mol. The first-order valence-electron chi connectivity index (χ1n) is 6.79. The zero-order valence-corrected chi connectivity index (χ0v) is 14.0. The van der Waals surface area contributed by atoms with E-state index in [2.05, 4.69) is 29.5 Å². The number of anilines is 1. The fourth-order valence-corrected chi connectivity index (χ4v) is 2.34. The molecule has 7 heteroatoms. The van der Waals surface area contributed by atoms with Crippen molar-refractivity contribution in [2.45, 2.75) is 13.8 Å². The lowest BCUT2D eigenvalue weighted by Gasteiger charge is -2.10. The molecular weight excluding hydrogens is 318 g/mol. The van der Waals surface area contributed by atoms with E-state index in [9.17, 15) is 4.79 Å². The summed E-state index contributed by atoms with van der Waals surface area (Å²) in [5.74, 6) is 0.926. The molecule has 0 aliphatic carbocycles. The lowest BCUT2D eigenvalue weighted by Crippen LogP contribution is -2.34. The van der Waals surface area contributed by atoms with Gasteiger partial charge in [0.25, 0.3) is 5.91 Å². The number of amides is 1. The van der Waals surface area contributed by atoms with Crippen molar-refractivity contribution >= 4 is 39.7 Å². The van der Waals surface area contributed by atoms with Crippen molar-refractivity contribution in [1.29, 1.82) is 0 Å². The van der Waals surface area contributed by atoms with E-state index in [-0.39, 0.29) is 11.0 Å². The molecule has 22 heavy (non-hydrogen) atoms. The van der Waals surface area contributed by atoms with Gasteiger partial charge in [0.2, 0.25) is 0 Å². The van der Waals surface area contributed by atoms with Crippen LogP contribution in [-0.2, 0) is 0 Å². The summed E-state index contributed by atoms with van der Waals surface area (Å²) >= 11 is 6.48. The van der Waals surface area contributed by atoms with Crippen LogP contribution in [0.1, 0.15) is 24.2 Å². The van der Waals surface area contributed by atoms with Gasteiger partial charge in [0, 0.05) is 17.1 Å². The zero-order valence-electron chi connectivity index (χ0n) is 12.3. The van der Waals surface area contributed by atoms with Crippen molar-refractivity contribution in [3.8, 4) is 5.75 Å². The normalized spacial score (nSPS) is 10.3. The molecule has 1 aromatic carbocycles. The SMILES string of the molecule is CC(C)COc1ccc(C(=O)NC(=S)Nc2nccs2)cc1. The molecule has 0 atom stereocenters. The van der Waals surface area contributed by atoms with Crippen LogP contribution in [0.4, 0.5) is 5.13 Å². The Kier molecular flexibility index (Phi) is 5.85. The number of aromatic nitrogens is 1. The molecule has 5 nitrogen and oxygen atoms in total. The van der Waals surface area contributed by atoms with E-state index in [4.69, 9.17) is 17.0 Å². The number of carbonyl (C=O) groups is 1. The molecular formula is C15H17N3O2S2. The van der Waals surface area contributed by atoms with Gasteiger partial charge in [-0.15, -0.1) is 11.3 Å². The van der Waals surface area contributed by atoms with Crippen molar-refractivity contribution in [1.82, 2.24) is 10.3 Å². The summed E-state index contributed by atoms with van der Waals surface area (Å²) in [6.45, 7) is 4.81. The topological polar surface area (TPSA) is 63.2 Å². The standard InChI is InChI=1S/C15H17N3O2S2/c1-10(2)9-20-12-5-3-11(4-6-12)13(19)17-14(21)18-15-16-7-8-22-15/h3-8,10H,9H2,1-2H3,(H2,16,17,18,19,21). The van der Waals surface area contributed by atoms with Crippen LogP contribution in [0.25, 0.3) is 0 Å². The molecule has 116 valence electrons. The fourth-order valence-electron chi connectivity index (χ4n) is 1.55. The number of hydrogen-bond donors (Lipinski definition) is 2. The van der Waals surface area contributed by atoms with Gasteiger partial charge >= 0.3 is 0 Å². The molecule has 0 bridgehead atoms. The van der Waals surface area contributed by atoms with Gasteiger partial charge in [-0.1, -0.05) is 13.8 Å². The highest BCUT2D eigenvalue weighted by atomic mass is 32.1. The summed E-state index contributed by atoms with van der Waals surface area (Å²) in [5.41, 5.74) is 0.514. The van der Waals surface area contributed by atoms with Gasteiger partial charge in [0.15, 0.2) is 10.2 Å². The Hall–Kier alpha value is -1.99. The van der Waals surface area contributed by atoms with Crippen LogP contribution in [0.3, 0.4) is 0 Å². The third-order valence-electron chi connectivity index (χ3n) is 2.58. The minimum atomic E-state index is -0.274. The van der Waals surface area contributed by atoms with Crippen molar-refractivity contribution in [2.75, 3.05) is 11.9 Å². The largest absolute Gasteiger partial charge is 0.493 e. The average Bonchev–Trinajstić information content (AvgIpc) is 2.98. The maximum atomic E-state index is 12.1. The second-order valence-electron chi connectivity index (χ2n) is 4.97. The van der Waals surface area contributed by atoms with Crippen molar-refractivity contribution in [3.63, 3.8) is 0 Å². The molecule has 0 radical (unpaired) electrons. The number of nitrogens with one attached hydrogen (secondary N) is 2. The minimum Gasteiger partial charge on any atom is -0.493 e. The average molecular weight is 335 g/mol. The number of ether oxygens (including phenoxy) is 1. The second kappa shape index (κ2) is 7.86. The molecule has 1 amide bonds. The van der Waals surface area contributed by atoms with Gasteiger partial charge in [-0.3, -0.25) is 10.1 Å². The Morgan fingerprint density at radius 3 is 2.68 bits per heavy atom. The van der Waals surface area contributed by atoms with E-state index in [1.54, 1.807) is 30.5 Å². The first-order chi connectivity index (χ1) is 10.5. The number of carbonyl (C=O) groups excluding carboxylic acids is 1. The molecule has 2 N–H and O–H groups in total. The number of thiazole rings is 1. The maximum absolute atomic E-state index is 12.1. The molecule has 0 aliphatic rings. The minimum absolute atomic E-state index is 0.222. The van der Waals surface area contributed by atoms with Crippen molar-refractivity contribution in [3.05, 3.63) is 41.4 Å².